The number of para-hydroxylation sites is 1. The van der Waals surface area contributed by atoms with Gasteiger partial charge in [0.1, 0.15) is 5.75 Å². The van der Waals surface area contributed by atoms with E-state index in [1.54, 1.807) is 23.0 Å². The number of rotatable bonds is 6. The predicted octanol–water partition coefficient (Wildman–Crippen LogP) is 5.65. The number of thioether (sulfide) groups is 1. The smallest absolute Gasteiger partial charge is 0.308 e. The first-order valence-electron chi connectivity index (χ1n) is 12.9. The lowest BCUT2D eigenvalue weighted by Gasteiger charge is -2.33. The topological polar surface area (TPSA) is 87.1 Å². The third-order valence-electron chi connectivity index (χ3n) is 6.94. The summed E-state index contributed by atoms with van der Waals surface area (Å²) in [4.78, 5) is 42.6. The van der Waals surface area contributed by atoms with E-state index in [1.165, 1.54) is 11.8 Å². The zero-order chi connectivity index (χ0) is 27.6. The van der Waals surface area contributed by atoms with Crippen LogP contribution in [0.3, 0.4) is 0 Å². The summed E-state index contributed by atoms with van der Waals surface area (Å²) >= 11 is 7.91. The van der Waals surface area contributed by atoms with Crippen LogP contribution in [0, 0.1) is 11.3 Å². The molecule has 2 amide bonds. The molecule has 38 heavy (non-hydrogen) atoms. The van der Waals surface area contributed by atoms with Crippen LogP contribution in [0.25, 0.3) is 0 Å². The van der Waals surface area contributed by atoms with Crippen LogP contribution in [0.2, 0.25) is 5.02 Å². The van der Waals surface area contributed by atoms with Gasteiger partial charge in [-0.3, -0.25) is 14.4 Å². The highest BCUT2D eigenvalue weighted by Crippen LogP contribution is 2.50. The van der Waals surface area contributed by atoms with E-state index in [0.29, 0.717) is 36.7 Å². The molecule has 1 saturated heterocycles. The van der Waals surface area contributed by atoms with Gasteiger partial charge < -0.3 is 19.6 Å². The highest BCUT2D eigenvalue weighted by Gasteiger charge is 2.40. The third kappa shape index (κ3) is 6.29. The van der Waals surface area contributed by atoms with Gasteiger partial charge in [-0.15, -0.1) is 11.8 Å². The van der Waals surface area contributed by atoms with E-state index in [4.69, 9.17) is 16.3 Å². The van der Waals surface area contributed by atoms with Crippen molar-refractivity contribution in [1.82, 2.24) is 4.90 Å². The van der Waals surface area contributed by atoms with Gasteiger partial charge in [0, 0.05) is 42.3 Å². The largest absolute Gasteiger partial charge is 0.496 e. The number of methoxy groups -OCH3 is 1. The molecule has 0 aliphatic carbocycles. The fourth-order valence-corrected chi connectivity index (χ4v) is 6.83. The molecule has 4 rings (SSSR count). The molecule has 0 radical (unpaired) electrons. The number of hydrogen-bond donors (Lipinski definition) is 1. The number of likely N-dealkylation sites (tertiary alicyclic amines) is 1. The van der Waals surface area contributed by atoms with Crippen molar-refractivity contribution in [1.29, 1.82) is 0 Å². The van der Waals surface area contributed by atoms with Gasteiger partial charge in [0.25, 0.3) is 0 Å². The first kappa shape index (κ1) is 28.3. The summed E-state index contributed by atoms with van der Waals surface area (Å²) in [5.74, 6) is -1.10. The number of aliphatic carboxylic acids is 1. The lowest BCUT2D eigenvalue weighted by atomic mass is 9.94. The number of nitrogens with zero attached hydrogens (tertiary/aromatic N) is 2. The molecule has 3 atom stereocenters. The van der Waals surface area contributed by atoms with E-state index in [-0.39, 0.29) is 35.4 Å². The Bertz CT molecular complexity index is 1210. The molecule has 1 unspecified atom stereocenters. The van der Waals surface area contributed by atoms with Crippen molar-refractivity contribution in [3.8, 4) is 5.75 Å². The van der Waals surface area contributed by atoms with Crippen LogP contribution in [0.1, 0.15) is 56.4 Å². The number of amides is 2. The van der Waals surface area contributed by atoms with E-state index in [2.05, 4.69) is 20.8 Å². The average Bonchev–Trinajstić information content (AvgIpc) is 2.98. The van der Waals surface area contributed by atoms with Crippen LogP contribution in [0.4, 0.5) is 5.69 Å². The monoisotopic (exact) mass is 558 g/mol. The first-order chi connectivity index (χ1) is 18.0. The number of ether oxygens (including phenoxy) is 1. The van der Waals surface area contributed by atoms with Crippen LogP contribution in [-0.2, 0) is 14.4 Å². The van der Waals surface area contributed by atoms with Crippen molar-refractivity contribution in [2.75, 3.05) is 31.6 Å². The molecule has 2 heterocycles. The summed E-state index contributed by atoms with van der Waals surface area (Å²) in [7, 11) is 1.62. The maximum Gasteiger partial charge on any atom is 0.308 e. The number of hydrogen-bond acceptors (Lipinski definition) is 5. The molecular formula is C29H35ClN2O5S. The van der Waals surface area contributed by atoms with Crippen molar-refractivity contribution in [3.63, 3.8) is 0 Å². The van der Waals surface area contributed by atoms with Gasteiger partial charge in [-0.05, 0) is 48.1 Å². The van der Waals surface area contributed by atoms with Gasteiger partial charge in [-0.1, -0.05) is 50.6 Å². The number of carboxylic acids is 1. The number of carbonyl (C=O) groups is 3. The van der Waals surface area contributed by atoms with Crippen LogP contribution in [0.5, 0.6) is 5.75 Å². The molecule has 9 heteroatoms. The Kier molecular flexibility index (Phi) is 8.62. The maximum absolute atomic E-state index is 14.2. The lowest BCUT2D eigenvalue weighted by molar-refractivity contribution is -0.146. The average molecular weight is 559 g/mol. The summed E-state index contributed by atoms with van der Waals surface area (Å²) in [6.45, 7) is 7.38. The number of halogens is 1. The van der Waals surface area contributed by atoms with E-state index < -0.39 is 17.1 Å². The minimum absolute atomic E-state index is 0.0101. The van der Waals surface area contributed by atoms with Gasteiger partial charge in [-0.2, -0.15) is 0 Å². The second-order valence-electron chi connectivity index (χ2n) is 11.2. The van der Waals surface area contributed by atoms with E-state index in [1.807, 2.05) is 36.4 Å². The maximum atomic E-state index is 14.2. The number of anilines is 1. The fourth-order valence-electron chi connectivity index (χ4n) is 5.16. The second-order valence-corrected chi connectivity index (χ2v) is 12.9. The molecule has 0 spiro atoms. The molecule has 7 nitrogen and oxygen atoms in total. The molecular weight excluding hydrogens is 524 g/mol. The minimum atomic E-state index is -0.887. The Morgan fingerprint density at radius 1 is 1.16 bits per heavy atom. The molecule has 204 valence electrons. The Morgan fingerprint density at radius 3 is 2.58 bits per heavy atom. The number of carbonyl (C=O) groups excluding carboxylic acids is 2. The summed E-state index contributed by atoms with van der Waals surface area (Å²) < 4.78 is 5.69. The van der Waals surface area contributed by atoms with Crippen molar-refractivity contribution >= 4 is 46.8 Å². The van der Waals surface area contributed by atoms with Gasteiger partial charge in [0.15, 0.2) is 0 Å². The zero-order valence-corrected chi connectivity index (χ0v) is 23.8. The van der Waals surface area contributed by atoms with Gasteiger partial charge in [-0.25, -0.2) is 0 Å². The number of carboxylic acid groups (broad SMARTS) is 1. The van der Waals surface area contributed by atoms with Gasteiger partial charge in [0.05, 0.1) is 23.5 Å². The van der Waals surface area contributed by atoms with Crippen molar-refractivity contribution in [2.45, 2.75) is 50.5 Å². The standard InChI is InChI=1S/C29H35ClN2O5S/c1-29(2,3)17-32-22-12-11-19(30)14-21(22)26(20-9-5-6-10-23(20)37-4)38-24(27(32)34)15-25(33)31-13-7-8-18(16-31)28(35)36/h5-6,9-12,14,18,24,26H,7-8,13,15-17H2,1-4H3,(H,35,36)/t18?,24-,26-/m0/s1. The molecule has 2 aromatic rings. The second kappa shape index (κ2) is 11.6. The molecule has 0 saturated carbocycles. The van der Waals surface area contributed by atoms with E-state index in [0.717, 1.165) is 16.8 Å². The van der Waals surface area contributed by atoms with Gasteiger partial charge in [0.2, 0.25) is 11.8 Å². The highest BCUT2D eigenvalue weighted by molar-refractivity contribution is 8.01. The molecule has 2 aliphatic rings. The molecule has 2 aromatic carbocycles. The summed E-state index contributed by atoms with van der Waals surface area (Å²) in [6.07, 6.45) is 1.18. The lowest BCUT2D eigenvalue weighted by Crippen LogP contribution is -2.46. The number of fused-ring (bicyclic) bond motifs is 1. The fraction of sp³-hybridized carbons (Fsp3) is 0.483. The normalized spacial score (nSPS) is 22.0. The van der Waals surface area contributed by atoms with E-state index >= 15 is 0 Å². The third-order valence-corrected chi connectivity index (χ3v) is 8.65. The van der Waals surface area contributed by atoms with E-state index in [9.17, 15) is 19.5 Å². The Hall–Kier alpha value is -2.71. The quantitative estimate of drug-likeness (QED) is 0.493. The molecule has 0 bridgehead atoms. The highest BCUT2D eigenvalue weighted by atomic mass is 35.5. The number of piperidine rings is 1. The SMILES string of the molecule is COc1ccccc1[C@@H]1S[C@@H](CC(=O)N2CCCC(C(=O)O)C2)C(=O)N(CC(C)(C)C)c2ccc(Cl)cc21. The molecule has 1 fully saturated rings. The minimum Gasteiger partial charge on any atom is -0.496 e. The first-order valence-corrected chi connectivity index (χ1v) is 14.2. The summed E-state index contributed by atoms with van der Waals surface area (Å²) in [5, 5.41) is 9.08. The summed E-state index contributed by atoms with van der Waals surface area (Å²) in [5.41, 5.74) is 2.37. The van der Waals surface area contributed by atoms with Crippen LogP contribution in [-0.4, -0.2) is 59.8 Å². The Morgan fingerprint density at radius 2 is 1.89 bits per heavy atom. The molecule has 2 aliphatic heterocycles. The van der Waals surface area contributed by atoms with Crippen molar-refractivity contribution < 1.29 is 24.2 Å². The molecule has 1 N–H and O–H groups in total. The van der Waals surface area contributed by atoms with Crippen molar-refractivity contribution in [2.24, 2.45) is 11.3 Å². The van der Waals surface area contributed by atoms with Crippen LogP contribution in [0.15, 0.2) is 42.5 Å². The van der Waals surface area contributed by atoms with Gasteiger partial charge >= 0.3 is 5.97 Å². The van der Waals surface area contributed by atoms with Crippen LogP contribution >= 0.6 is 23.4 Å². The predicted molar refractivity (Wildman–Crippen MR) is 151 cm³/mol. The van der Waals surface area contributed by atoms with Crippen LogP contribution < -0.4 is 9.64 Å². The Balaban J connectivity index is 1.76. The van der Waals surface area contributed by atoms with Crippen molar-refractivity contribution in [3.05, 3.63) is 58.6 Å². The Labute approximate surface area is 233 Å². The molecule has 0 aromatic heterocycles. The zero-order valence-electron chi connectivity index (χ0n) is 22.3. The summed E-state index contributed by atoms with van der Waals surface area (Å²) in [6, 6.07) is 13.3. The number of benzene rings is 2.